The molecule has 0 aliphatic carbocycles. The Labute approximate surface area is 87.1 Å². The van der Waals surface area contributed by atoms with Gasteiger partial charge >= 0.3 is 0 Å². The summed E-state index contributed by atoms with van der Waals surface area (Å²) in [7, 11) is 1.73. The molecule has 1 aromatic heterocycles. The van der Waals surface area contributed by atoms with Crippen molar-refractivity contribution >= 4 is 5.69 Å². The zero-order chi connectivity index (χ0) is 10.8. The summed E-state index contributed by atoms with van der Waals surface area (Å²) in [5.74, 6) is 0. The third kappa shape index (κ3) is 1.82. The van der Waals surface area contributed by atoms with Crippen LogP contribution in [0, 0.1) is 0 Å². The summed E-state index contributed by atoms with van der Waals surface area (Å²) >= 11 is 0. The minimum Gasteiger partial charge on any atom is -0.399 e. The van der Waals surface area contributed by atoms with Crippen molar-refractivity contribution in [3.63, 3.8) is 0 Å². The number of rotatable bonds is 2. The second-order valence-electron chi connectivity index (χ2n) is 3.36. The van der Waals surface area contributed by atoms with Crippen molar-refractivity contribution in [2.24, 2.45) is 7.05 Å². The Bertz CT molecular complexity index is 466. The Hall–Kier alpha value is -1.88. The molecule has 0 bridgehead atoms. The first-order valence-electron chi connectivity index (χ1n) is 4.56. The van der Waals surface area contributed by atoms with E-state index in [1.54, 1.807) is 25.2 Å². The number of nitrogen functional groups attached to an aromatic ring is 1. The van der Waals surface area contributed by atoms with Crippen LogP contribution in [0.15, 0.2) is 30.5 Å². The Morgan fingerprint density at radius 3 is 2.87 bits per heavy atom. The lowest BCUT2D eigenvalue weighted by Gasteiger charge is -2.10. The van der Waals surface area contributed by atoms with E-state index in [0.717, 1.165) is 5.56 Å². The maximum Gasteiger partial charge on any atom is 0.122 e. The van der Waals surface area contributed by atoms with Gasteiger partial charge in [0.2, 0.25) is 0 Å². The summed E-state index contributed by atoms with van der Waals surface area (Å²) in [6.07, 6.45) is 0.793. The second-order valence-corrected chi connectivity index (χ2v) is 3.36. The van der Waals surface area contributed by atoms with E-state index in [2.05, 4.69) is 10.3 Å². The van der Waals surface area contributed by atoms with Crippen molar-refractivity contribution in [2.45, 2.75) is 6.10 Å². The van der Waals surface area contributed by atoms with E-state index in [4.69, 9.17) is 5.73 Å². The molecule has 3 N–H and O–H groups in total. The van der Waals surface area contributed by atoms with E-state index in [-0.39, 0.29) is 0 Å². The number of aromatic nitrogens is 3. The first-order valence-corrected chi connectivity index (χ1v) is 4.56. The highest BCUT2D eigenvalue weighted by molar-refractivity contribution is 5.42. The monoisotopic (exact) mass is 204 g/mol. The molecule has 1 atom stereocenters. The number of nitrogens with zero attached hydrogens (tertiary/aromatic N) is 3. The topological polar surface area (TPSA) is 77.0 Å². The molecule has 5 heteroatoms. The van der Waals surface area contributed by atoms with Crippen LogP contribution in [-0.4, -0.2) is 20.1 Å². The first-order chi connectivity index (χ1) is 7.18. The standard InChI is InChI=1S/C10H12N4O/c1-14-9(6-12-13-14)10(15)7-3-2-4-8(11)5-7/h2-6,10,15H,11H2,1H3. The number of benzene rings is 1. The molecule has 0 spiro atoms. The average molecular weight is 204 g/mol. The SMILES string of the molecule is Cn1nncc1C(O)c1cccc(N)c1. The highest BCUT2D eigenvalue weighted by Crippen LogP contribution is 2.21. The average Bonchev–Trinajstić information content (AvgIpc) is 2.63. The smallest absolute Gasteiger partial charge is 0.122 e. The molecule has 2 rings (SSSR count). The summed E-state index contributed by atoms with van der Waals surface area (Å²) in [5, 5.41) is 17.5. The van der Waals surface area contributed by atoms with Crippen molar-refractivity contribution in [1.82, 2.24) is 15.0 Å². The molecule has 0 saturated carbocycles. The first kappa shape index (κ1) is 9.67. The molecule has 2 aromatic rings. The van der Waals surface area contributed by atoms with Gasteiger partial charge in [-0.3, -0.25) is 0 Å². The van der Waals surface area contributed by atoms with Gasteiger partial charge in [0.05, 0.1) is 11.9 Å². The van der Waals surface area contributed by atoms with Crippen molar-refractivity contribution in [3.05, 3.63) is 41.7 Å². The summed E-state index contributed by atoms with van der Waals surface area (Å²) in [5.41, 5.74) is 7.64. The molecule has 1 aromatic carbocycles. The number of aliphatic hydroxyl groups is 1. The van der Waals surface area contributed by atoms with Crippen molar-refractivity contribution in [3.8, 4) is 0 Å². The molecule has 0 saturated heterocycles. The van der Waals surface area contributed by atoms with Gasteiger partial charge in [-0.2, -0.15) is 0 Å². The van der Waals surface area contributed by atoms with Gasteiger partial charge in [0.1, 0.15) is 6.10 Å². The van der Waals surface area contributed by atoms with Gasteiger partial charge in [-0.05, 0) is 17.7 Å². The summed E-state index contributed by atoms with van der Waals surface area (Å²) in [4.78, 5) is 0. The van der Waals surface area contributed by atoms with E-state index in [0.29, 0.717) is 11.4 Å². The van der Waals surface area contributed by atoms with Crippen molar-refractivity contribution in [1.29, 1.82) is 0 Å². The number of aryl methyl sites for hydroxylation is 1. The van der Waals surface area contributed by atoms with E-state index < -0.39 is 6.10 Å². The fraction of sp³-hybridized carbons (Fsp3) is 0.200. The maximum absolute atomic E-state index is 10.0. The van der Waals surface area contributed by atoms with Gasteiger partial charge in [-0.15, -0.1) is 5.10 Å². The molecule has 78 valence electrons. The number of nitrogens with two attached hydrogens (primary N) is 1. The predicted molar refractivity (Wildman–Crippen MR) is 55.9 cm³/mol. The van der Waals surface area contributed by atoms with Crippen LogP contribution >= 0.6 is 0 Å². The summed E-state index contributed by atoms with van der Waals surface area (Å²) in [6, 6.07) is 7.13. The lowest BCUT2D eigenvalue weighted by molar-refractivity contribution is 0.210. The van der Waals surface area contributed by atoms with Crippen LogP contribution in [-0.2, 0) is 7.05 Å². The van der Waals surface area contributed by atoms with Crippen LogP contribution in [0.5, 0.6) is 0 Å². The lowest BCUT2D eigenvalue weighted by Crippen LogP contribution is -2.06. The highest BCUT2D eigenvalue weighted by Gasteiger charge is 2.14. The fourth-order valence-corrected chi connectivity index (χ4v) is 1.45. The van der Waals surface area contributed by atoms with Gasteiger partial charge in [0.15, 0.2) is 0 Å². The molecule has 0 radical (unpaired) electrons. The van der Waals surface area contributed by atoms with Crippen molar-refractivity contribution < 1.29 is 5.11 Å². The van der Waals surface area contributed by atoms with E-state index >= 15 is 0 Å². The van der Waals surface area contributed by atoms with E-state index in [1.165, 1.54) is 10.9 Å². The normalized spacial score (nSPS) is 12.7. The third-order valence-corrected chi connectivity index (χ3v) is 2.26. The number of hydrogen-bond donors (Lipinski definition) is 2. The molecular weight excluding hydrogens is 192 g/mol. The Balaban J connectivity index is 2.36. The van der Waals surface area contributed by atoms with Gasteiger partial charge in [0.25, 0.3) is 0 Å². The molecule has 0 aliphatic heterocycles. The van der Waals surface area contributed by atoms with Crippen LogP contribution in [0.1, 0.15) is 17.4 Å². The number of aliphatic hydroxyl groups excluding tert-OH is 1. The highest BCUT2D eigenvalue weighted by atomic mass is 16.3. The molecular formula is C10H12N4O. The largest absolute Gasteiger partial charge is 0.399 e. The van der Waals surface area contributed by atoms with E-state index in [1.807, 2.05) is 6.07 Å². The molecule has 5 nitrogen and oxygen atoms in total. The molecule has 1 unspecified atom stereocenters. The van der Waals surface area contributed by atoms with Gasteiger partial charge < -0.3 is 10.8 Å². The number of hydrogen-bond acceptors (Lipinski definition) is 4. The second kappa shape index (κ2) is 3.70. The minimum atomic E-state index is -0.742. The Morgan fingerprint density at radius 2 is 2.27 bits per heavy atom. The fourth-order valence-electron chi connectivity index (χ4n) is 1.45. The van der Waals surface area contributed by atoms with Gasteiger partial charge in [-0.1, -0.05) is 17.3 Å². The lowest BCUT2D eigenvalue weighted by atomic mass is 10.1. The third-order valence-electron chi connectivity index (χ3n) is 2.26. The predicted octanol–water partition coefficient (Wildman–Crippen LogP) is 0.479. The zero-order valence-corrected chi connectivity index (χ0v) is 8.33. The van der Waals surface area contributed by atoms with Crippen LogP contribution < -0.4 is 5.73 Å². The van der Waals surface area contributed by atoms with Gasteiger partial charge in [-0.25, -0.2) is 4.68 Å². The summed E-state index contributed by atoms with van der Waals surface area (Å²) < 4.78 is 1.54. The quantitative estimate of drug-likeness (QED) is 0.697. The maximum atomic E-state index is 10.0. The van der Waals surface area contributed by atoms with Crippen LogP contribution in [0.4, 0.5) is 5.69 Å². The summed E-state index contributed by atoms with van der Waals surface area (Å²) in [6.45, 7) is 0. The molecule has 0 fully saturated rings. The molecule has 15 heavy (non-hydrogen) atoms. The minimum absolute atomic E-state index is 0.627. The molecule has 0 amide bonds. The molecule has 1 heterocycles. The zero-order valence-electron chi connectivity index (χ0n) is 8.33. The van der Waals surface area contributed by atoms with Crippen LogP contribution in [0.3, 0.4) is 0 Å². The van der Waals surface area contributed by atoms with Gasteiger partial charge in [0, 0.05) is 12.7 Å². The number of anilines is 1. The van der Waals surface area contributed by atoms with E-state index in [9.17, 15) is 5.11 Å². The van der Waals surface area contributed by atoms with Crippen LogP contribution in [0.25, 0.3) is 0 Å². The van der Waals surface area contributed by atoms with Crippen LogP contribution in [0.2, 0.25) is 0 Å². The Kier molecular flexibility index (Phi) is 2.39. The molecule has 0 aliphatic rings. The van der Waals surface area contributed by atoms with Crippen molar-refractivity contribution in [2.75, 3.05) is 5.73 Å². The Morgan fingerprint density at radius 1 is 1.47 bits per heavy atom.